The maximum atomic E-state index is 12.9. The Bertz CT molecular complexity index is 929. The molecule has 0 radical (unpaired) electrons. The van der Waals surface area contributed by atoms with Crippen molar-refractivity contribution >= 4 is 15.5 Å². The van der Waals surface area contributed by atoms with Crippen LogP contribution in [0.25, 0.3) is 0 Å². The molecule has 0 aliphatic carbocycles. The number of nitro groups is 1. The fraction of sp³-hybridized carbons (Fsp3) is 0.222. The minimum absolute atomic E-state index is 0.172. The van der Waals surface area contributed by atoms with Gasteiger partial charge in [0, 0.05) is 5.69 Å². The van der Waals surface area contributed by atoms with E-state index >= 15 is 0 Å². The predicted octanol–water partition coefficient (Wildman–Crippen LogP) is 4.08. The van der Waals surface area contributed by atoms with E-state index < -0.39 is 25.6 Å². The van der Waals surface area contributed by atoms with E-state index in [9.17, 15) is 22.9 Å². The monoisotopic (exact) mass is 378 g/mol. The van der Waals surface area contributed by atoms with Gasteiger partial charge in [0.2, 0.25) is 0 Å². The molecule has 0 aliphatic rings. The lowest BCUT2D eigenvalue weighted by Gasteiger charge is -2.18. The van der Waals surface area contributed by atoms with E-state index in [0.717, 1.165) is 23.9 Å². The van der Waals surface area contributed by atoms with Crippen LogP contribution in [0.5, 0.6) is 0 Å². The largest absolute Gasteiger partial charge is 0.379 e. The standard InChI is InChI=1S/C18H19FN2O4S/c1-18(2,3)13-4-10-16(11-5-13)26(24,25)17(21(22)23)12-20-15-8-6-14(19)7-9-15/h4-12,20H,1-3H3/b17-12-. The number of anilines is 1. The first-order valence-electron chi connectivity index (χ1n) is 7.74. The summed E-state index contributed by atoms with van der Waals surface area (Å²) in [7, 11) is -4.32. The molecule has 0 fully saturated rings. The highest BCUT2D eigenvalue weighted by Crippen LogP contribution is 2.26. The van der Waals surface area contributed by atoms with E-state index in [-0.39, 0.29) is 10.3 Å². The van der Waals surface area contributed by atoms with Gasteiger partial charge in [0.1, 0.15) is 5.82 Å². The quantitative estimate of drug-likeness (QED) is 0.625. The summed E-state index contributed by atoms with van der Waals surface area (Å²) >= 11 is 0. The Labute approximate surface area is 151 Å². The third-order valence-corrected chi connectivity index (χ3v) is 5.40. The molecule has 0 saturated heterocycles. The fourth-order valence-electron chi connectivity index (χ4n) is 2.17. The molecule has 2 aromatic rings. The summed E-state index contributed by atoms with van der Waals surface area (Å²) < 4.78 is 38.1. The summed E-state index contributed by atoms with van der Waals surface area (Å²) in [6.07, 6.45) is 0.792. The van der Waals surface area contributed by atoms with Gasteiger partial charge in [-0.25, -0.2) is 12.8 Å². The molecule has 0 aromatic heterocycles. The van der Waals surface area contributed by atoms with E-state index in [0.29, 0.717) is 5.69 Å². The van der Waals surface area contributed by atoms with Crippen LogP contribution in [0.2, 0.25) is 0 Å². The Kier molecular flexibility index (Phi) is 5.46. The number of hydrogen-bond acceptors (Lipinski definition) is 5. The van der Waals surface area contributed by atoms with Crippen molar-refractivity contribution in [2.75, 3.05) is 5.32 Å². The van der Waals surface area contributed by atoms with Gasteiger partial charge in [0.05, 0.1) is 16.0 Å². The van der Waals surface area contributed by atoms with Crippen LogP contribution in [0.15, 0.2) is 64.7 Å². The number of rotatable bonds is 5. The van der Waals surface area contributed by atoms with E-state index in [1.807, 2.05) is 20.8 Å². The molecular formula is C18H19FN2O4S. The smallest absolute Gasteiger partial charge is 0.355 e. The van der Waals surface area contributed by atoms with Crippen molar-refractivity contribution in [3.63, 3.8) is 0 Å². The van der Waals surface area contributed by atoms with Gasteiger partial charge in [-0.1, -0.05) is 32.9 Å². The first-order valence-corrected chi connectivity index (χ1v) is 9.22. The fourth-order valence-corrected chi connectivity index (χ4v) is 3.32. The Morgan fingerprint density at radius 2 is 1.62 bits per heavy atom. The Morgan fingerprint density at radius 3 is 2.08 bits per heavy atom. The Balaban J connectivity index is 2.37. The van der Waals surface area contributed by atoms with Crippen molar-refractivity contribution in [3.8, 4) is 0 Å². The average molecular weight is 378 g/mol. The predicted molar refractivity (Wildman–Crippen MR) is 97.4 cm³/mol. The molecule has 0 bridgehead atoms. The van der Waals surface area contributed by atoms with E-state index in [1.54, 1.807) is 12.1 Å². The topological polar surface area (TPSA) is 89.3 Å². The van der Waals surface area contributed by atoms with Gasteiger partial charge < -0.3 is 5.32 Å². The van der Waals surface area contributed by atoms with Gasteiger partial charge in [-0.3, -0.25) is 10.1 Å². The average Bonchev–Trinajstić information content (AvgIpc) is 2.55. The Morgan fingerprint density at radius 1 is 1.08 bits per heavy atom. The van der Waals surface area contributed by atoms with Gasteiger partial charge in [-0.15, -0.1) is 0 Å². The molecule has 0 spiro atoms. The third-order valence-electron chi connectivity index (χ3n) is 3.69. The van der Waals surface area contributed by atoms with Crippen LogP contribution in [0, 0.1) is 15.9 Å². The molecule has 2 rings (SSSR count). The lowest BCUT2D eigenvalue weighted by atomic mass is 9.87. The summed E-state index contributed by atoms with van der Waals surface area (Å²) in [5.41, 5.74) is 1.06. The highest BCUT2D eigenvalue weighted by molar-refractivity contribution is 7.95. The summed E-state index contributed by atoms with van der Waals surface area (Å²) in [4.78, 5) is 10.1. The van der Waals surface area contributed by atoms with Gasteiger partial charge in [-0.2, -0.15) is 0 Å². The van der Waals surface area contributed by atoms with Crippen molar-refractivity contribution in [1.82, 2.24) is 0 Å². The van der Waals surface area contributed by atoms with Gasteiger partial charge >= 0.3 is 5.03 Å². The molecule has 1 N–H and O–H groups in total. The zero-order valence-electron chi connectivity index (χ0n) is 14.6. The van der Waals surface area contributed by atoms with Crippen molar-refractivity contribution in [3.05, 3.63) is 81.3 Å². The van der Waals surface area contributed by atoms with Crippen LogP contribution in [0.1, 0.15) is 26.3 Å². The van der Waals surface area contributed by atoms with Crippen LogP contribution in [0.3, 0.4) is 0 Å². The van der Waals surface area contributed by atoms with Crippen LogP contribution in [-0.4, -0.2) is 13.3 Å². The zero-order chi connectivity index (χ0) is 19.5. The number of sulfone groups is 1. The number of nitrogens with zero attached hydrogens (tertiary/aromatic N) is 1. The first kappa shape index (κ1) is 19.6. The molecule has 0 atom stereocenters. The van der Waals surface area contributed by atoms with Crippen LogP contribution >= 0.6 is 0 Å². The summed E-state index contributed by atoms with van der Waals surface area (Å²) in [6, 6.07) is 11.0. The molecule has 2 aromatic carbocycles. The molecule has 26 heavy (non-hydrogen) atoms. The third kappa shape index (κ3) is 4.45. The summed E-state index contributed by atoms with van der Waals surface area (Å²) in [5.74, 6) is -0.472. The molecule has 0 aliphatic heterocycles. The second-order valence-electron chi connectivity index (χ2n) is 6.67. The van der Waals surface area contributed by atoms with Gasteiger partial charge in [-0.05, 0) is 47.4 Å². The number of halogens is 1. The zero-order valence-corrected chi connectivity index (χ0v) is 15.4. The highest BCUT2D eigenvalue weighted by atomic mass is 32.2. The number of hydrogen-bond donors (Lipinski definition) is 1. The maximum Gasteiger partial charge on any atom is 0.379 e. The van der Waals surface area contributed by atoms with Crippen molar-refractivity contribution in [1.29, 1.82) is 0 Å². The normalized spacial score (nSPS) is 12.7. The van der Waals surface area contributed by atoms with Crippen LogP contribution in [-0.2, 0) is 15.3 Å². The lowest BCUT2D eigenvalue weighted by molar-refractivity contribution is -0.411. The highest BCUT2D eigenvalue weighted by Gasteiger charge is 2.31. The lowest BCUT2D eigenvalue weighted by Crippen LogP contribution is -2.15. The molecule has 0 saturated carbocycles. The van der Waals surface area contributed by atoms with Crippen molar-refractivity contribution in [2.45, 2.75) is 31.1 Å². The molecule has 0 unspecified atom stereocenters. The van der Waals surface area contributed by atoms with Crippen LogP contribution < -0.4 is 5.32 Å². The number of benzene rings is 2. The minimum Gasteiger partial charge on any atom is -0.355 e. The molecule has 0 heterocycles. The van der Waals surface area contributed by atoms with Gasteiger partial charge in [0.15, 0.2) is 0 Å². The van der Waals surface area contributed by atoms with E-state index in [1.165, 1.54) is 24.3 Å². The van der Waals surface area contributed by atoms with Crippen molar-refractivity contribution in [2.24, 2.45) is 0 Å². The molecule has 0 amide bonds. The molecule has 6 nitrogen and oxygen atoms in total. The second kappa shape index (κ2) is 7.25. The van der Waals surface area contributed by atoms with E-state index in [2.05, 4.69) is 5.32 Å². The van der Waals surface area contributed by atoms with E-state index in [4.69, 9.17) is 0 Å². The summed E-state index contributed by atoms with van der Waals surface area (Å²) in [6.45, 7) is 5.93. The minimum atomic E-state index is -4.32. The first-order chi connectivity index (χ1) is 12.0. The molecule has 8 heteroatoms. The van der Waals surface area contributed by atoms with Crippen LogP contribution in [0.4, 0.5) is 10.1 Å². The maximum absolute atomic E-state index is 12.9. The van der Waals surface area contributed by atoms with Gasteiger partial charge in [0.25, 0.3) is 9.84 Å². The SMILES string of the molecule is CC(C)(C)c1ccc(S(=O)(=O)/C(=C\Nc2ccc(F)cc2)[N+](=O)[O-])cc1. The summed E-state index contributed by atoms with van der Waals surface area (Å²) in [5, 5.41) is 12.8. The Hall–Kier alpha value is -2.74. The number of nitrogens with one attached hydrogen (secondary N) is 1. The molecule has 138 valence electrons. The molecular weight excluding hydrogens is 359 g/mol. The second-order valence-corrected chi connectivity index (χ2v) is 8.57. The van der Waals surface area contributed by atoms with Crippen molar-refractivity contribution < 1.29 is 17.7 Å².